The van der Waals surface area contributed by atoms with Crippen LogP contribution in [0.2, 0.25) is 0 Å². The lowest BCUT2D eigenvalue weighted by Crippen LogP contribution is -2.38. The highest BCUT2D eigenvalue weighted by Gasteiger charge is 2.40. The van der Waals surface area contributed by atoms with E-state index in [1.165, 1.54) is 5.56 Å². The highest BCUT2D eigenvalue weighted by Crippen LogP contribution is 2.47. The molecule has 1 aromatic heterocycles. The number of anilines is 2. The first-order chi connectivity index (χ1) is 15.9. The Kier molecular flexibility index (Phi) is 7.05. The zero-order valence-corrected chi connectivity index (χ0v) is 19.8. The maximum absolute atomic E-state index is 12.8. The summed E-state index contributed by atoms with van der Waals surface area (Å²) in [6.45, 7) is 9.26. The van der Waals surface area contributed by atoms with Crippen LogP contribution in [-0.2, 0) is 10.2 Å². The Morgan fingerprint density at radius 3 is 2.82 bits per heavy atom. The third-order valence-corrected chi connectivity index (χ3v) is 6.88. The first-order valence-corrected chi connectivity index (χ1v) is 11.8. The largest absolute Gasteiger partial charge is 0.396 e. The van der Waals surface area contributed by atoms with Crippen LogP contribution in [-0.4, -0.2) is 59.5 Å². The summed E-state index contributed by atoms with van der Waals surface area (Å²) >= 11 is 0. The Morgan fingerprint density at radius 1 is 1.30 bits per heavy atom. The molecular weight excluding hydrogens is 416 g/mol. The highest BCUT2D eigenvalue weighted by atomic mass is 16.3. The van der Waals surface area contributed by atoms with Gasteiger partial charge in [0.1, 0.15) is 17.7 Å². The van der Waals surface area contributed by atoms with Crippen molar-refractivity contribution in [3.05, 3.63) is 41.9 Å². The van der Waals surface area contributed by atoms with Crippen molar-refractivity contribution < 1.29 is 9.90 Å². The monoisotopic (exact) mass is 450 g/mol. The first-order valence-electron chi connectivity index (χ1n) is 11.8. The van der Waals surface area contributed by atoms with E-state index in [2.05, 4.69) is 44.6 Å². The van der Waals surface area contributed by atoms with E-state index in [1.807, 2.05) is 19.1 Å². The van der Waals surface area contributed by atoms with E-state index < -0.39 is 0 Å². The standard InChI is InChI=1S/C25H34N6O2/c1-17-22(30-18(2)24(33)27-14-19-8-11-26-12-9-19)23(29-16-28-17)31-15-25(3,10-13-32)20-6-4-5-7-21(20)31/h4-7,16,19,26,32H,8-15H2,1-3H3,(H,27,33)/b30-18+. The van der Waals surface area contributed by atoms with Gasteiger partial charge in [-0.05, 0) is 63.7 Å². The molecule has 33 heavy (non-hydrogen) atoms. The summed E-state index contributed by atoms with van der Waals surface area (Å²) in [5.74, 6) is 1.03. The van der Waals surface area contributed by atoms with Gasteiger partial charge < -0.3 is 20.6 Å². The number of hydrogen-bond donors (Lipinski definition) is 3. The fourth-order valence-electron chi connectivity index (χ4n) is 4.84. The average molecular weight is 451 g/mol. The molecule has 2 aromatic rings. The number of rotatable bonds is 7. The van der Waals surface area contributed by atoms with Crippen molar-refractivity contribution >= 4 is 28.8 Å². The van der Waals surface area contributed by atoms with E-state index in [9.17, 15) is 9.90 Å². The average Bonchev–Trinajstić information content (AvgIpc) is 3.12. The number of carbonyl (C=O) groups is 1. The number of amides is 1. The van der Waals surface area contributed by atoms with E-state index in [1.54, 1.807) is 13.3 Å². The first kappa shape index (κ1) is 23.3. The van der Waals surface area contributed by atoms with Crippen LogP contribution in [0.15, 0.2) is 35.6 Å². The second kappa shape index (κ2) is 9.97. The third kappa shape index (κ3) is 4.91. The van der Waals surface area contributed by atoms with Gasteiger partial charge in [0.15, 0.2) is 5.82 Å². The predicted molar refractivity (Wildman–Crippen MR) is 131 cm³/mol. The van der Waals surface area contributed by atoms with Crippen LogP contribution in [0, 0.1) is 12.8 Å². The molecule has 0 radical (unpaired) electrons. The molecule has 8 heteroatoms. The number of benzene rings is 1. The molecule has 0 spiro atoms. The van der Waals surface area contributed by atoms with Gasteiger partial charge in [-0.3, -0.25) is 4.79 Å². The molecule has 3 heterocycles. The number of piperidine rings is 1. The molecule has 1 amide bonds. The minimum atomic E-state index is -0.202. The smallest absolute Gasteiger partial charge is 0.265 e. The van der Waals surface area contributed by atoms with Crippen molar-refractivity contribution in [3.63, 3.8) is 0 Å². The molecule has 0 bridgehead atoms. The zero-order valence-electron chi connectivity index (χ0n) is 19.8. The maximum atomic E-state index is 12.8. The molecule has 176 valence electrons. The van der Waals surface area contributed by atoms with Crippen LogP contribution in [0.1, 0.15) is 44.4 Å². The number of carbonyl (C=O) groups excluding carboxylic acids is 1. The number of nitrogens with zero attached hydrogens (tertiary/aromatic N) is 4. The van der Waals surface area contributed by atoms with Crippen LogP contribution in [0.3, 0.4) is 0 Å². The van der Waals surface area contributed by atoms with Gasteiger partial charge in [0.25, 0.3) is 5.91 Å². The topological polar surface area (TPSA) is 103 Å². The number of aromatic nitrogens is 2. The Balaban J connectivity index is 1.61. The summed E-state index contributed by atoms with van der Waals surface area (Å²) in [6.07, 6.45) is 4.35. The number of aliphatic hydroxyl groups is 1. The van der Waals surface area contributed by atoms with E-state index in [0.717, 1.165) is 37.3 Å². The van der Waals surface area contributed by atoms with Gasteiger partial charge in [-0.15, -0.1) is 0 Å². The summed E-state index contributed by atoms with van der Waals surface area (Å²) in [7, 11) is 0. The van der Waals surface area contributed by atoms with Crippen LogP contribution >= 0.6 is 0 Å². The van der Waals surface area contributed by atoms with Gasteiger partial charge in [0, 0.05) is 30.8 Å². The molecule has 1 aromatic carbocycles. The molecule has 1 atom stereocenters. The molecule has 3 N–H and O–H groups in total. The van der Waals surface area contributed by atoms with Crippen molar-refractivity contribution in [1.82, 2.24) is 20.6 Å². The molecule has 8 nitrogen and oxygen atoms in total. The number of nitrogens with one attached hydrogen (secondary N) is 2. The summed E-state index contributed by atoms with van der Waals surface area (Å²) in [5.41, 5.74) is 3.76. The van der Waals surface area contributed by atoms with Crippen molar-refractivity contribution in [1.29, 1.82) is 0 Å². The van der Waals surface area contributed by atoms with E-state index >= 15 is 0 Å². The molecule has 4 rings (SSSR count). The summed E-state index contributed by atoms with van der Waals surface area (Å²) in [5, 5.41) is 16.1. The van der Waals surface area contributed by atoms with E-state index in [-0.39, 0.29) is 17.9 Å². The van der Waals surface area contributed by atoms with Crippen LogP contribution in [0.25, 0.3) is 0 Å². The Hall–Kier alpha value is -2.84. The van der Waals surface area contributed by atoms with E-state index in [4.69, 9.17) is 4.99 Å². The summed E-state index contributed by atoms with van der Waals surface area (Å²) in [6, 6.07) is 8.22. The van der Waals surface area contributed by atoms with Crippen molar-refractivity contribution in [2.75, 3.05) is 37.7 Å². The number of para-hydroxylation sites is 1. The highest BCUT2D eigenvalue weighted by molar-refractivity contribution is 6.38. The van der Waals surface area contributed by atoms with Crippen molar-refractivity contribution in [3.8, 4) is 0 Å². The molecule has 1 unspecified atom stereocenters. The number of fused-ring (bicyclic) bond motifs is 1. The molecule has 0 aliphatic carbocycles. The molecular formula is C25H34N6O2. The van der Waals surface area contributed by atoms with Crippen molar-refractivity contribution in [2.45, 2.75) is 45.4 Å². The quantitative estimate of drug-likeness (QED) is 0.561. The number of aliphatic hydroxyl groups excluding tert-OH is 1. The maximum Gasteiger partial charge on any atom is 0.265 e. The summed E-state index contributed by atoms with van der Waals surface area (Å²) in [4.78, 5) is 28.6. The van der Waals surface area contributed by atoms with Gasteiger partial charge in [0.2, 0.25) is 0 Å². The lowest BCUT2D eigenvalue weighted by Gasteiger charge is -2.26. The number of aryl methyl sites for hydroxylation is 1. The fraction of sp³-hybridized carbons (Fsp3) is 0.520. The molecule has 1 fully saturated rings. The van der Waals surface area contributed by atoms with Crippen LogP contribution < -0.4 is 15.5 Å². The second-order valence-corrected chi connectivity index (χ2v) is 9.37. The SMILES string of the molecule is C/C(=N\c1c(C)ncnc1N1CC(C)(CCO)c2ccccc21)C(=O)NCC1CCNCC1. The van der Waals surface area contributed by atoms with E-state index in [0.29, 0.717) is 42.6 Å². The zero-order chi connectivity index (χ0) is 23.4. The lowest BCUT2D eigenvalue weighted by atomic mass is 9.82. The van der Waals surface area contributed by atoms with Crippen LogP contribution in [0.4, 0.5) is 17.2 Å². The number of hydrogen-bond acceptors (Lipinski definition) is 7. The molecule has 1 saturated heterocycles. The van der Waals surface area contributed by atoms with Gasteiger partial charge in [-0.2, -0.15) is 0 Å². The Morgan fingerprint density at radius 2 is 2.06 bits per heavy atom. The molecule has 2 aliphatic rings. The lowest BCUT2D eigenvalue weighted by molar-refractivity contribution is -0.115. The van der Waals surface area contributed by atoms with Crippen LogP contribution in [0.5, 0.6) is 0 Å². The Bertz CT molecular complexity index is 1030. The predicted octanol–water partition coefficient (Wildman–Crippen LogP) is 2.79. The van der Waals surface area contributed by atoms with Crippen molar-refractivity contribution in [2.24, 2.45) is 10.9 Å². The molecule has 0 saturated carbocycles. The Labute approximate surface area is 195 Å². The third-order valence-electron chi connectivity index (χ3n) is 6.88. The minimum Gasteiger partial charge on any atom is -0.396 e. The number of aliphatic imine (C=N–C) groups is 1. The summed E-state index contributed by atoms with van der Waals surface area (Å²) < 4.78 is 0. The van der Waals surface area contributed by atoms with Gasteiger partial charge >= 0.3 is 0 Å². The molecule has 2 aliphatic heterocycles. The normalized spacial score (nSPS) is 21.2. The second-order valence-electron chi connectivity index (χ2n) is 9.37. The van der Waals surface area contributed by atoms with Gasteiger partial charge in [0.05, 0.1) is 5.69 Å². The minimum absolute atomic E-state index is 0.114. The van der Waals surface area contributed by atoms with Gasteiger partial charge in [-0.25, -0.2) is 15.0 Å². The fourth-order valence-corrected chi connectivity index (χ4v) is 4.84. The van der Waals surface area contributed by atoms with Gasteiger partial charge in [-0.1, -0.05) is 25.1 Å².